The average molecular weight is 704 g/mol. The highest BCUT2D eigenvalue weighted by Gasteiger charge is 2.16. The molecular formula is C53H37NO. The number of hydrogen-bond donors (Lipinski definition) is 0. The topological polar surface area (TPSA) is 16.4 Å². The third-order valence-electron chi connectivity index (χ3n) is 10.9. The fourth-order valence-corrected chi connectivity index (χ4v) is 7.98. The molecule has 0 aliphatic rings. The lowest BCUT2D eigenvalue weighted by Gasteiger charge is -2.26. The Morgan fingerprint density at radius 1 is 0.345 bits per heavy atom. The first kappa shape index (κ1) is 32.5. The summed E-state index contributed by atoms with van der Waals surface area (Å²) < 4.78 is 6.32. The van der Waals surface area contributed by atoms with Crippen LogP contribution in [0.5, 0.6) is 0 Å². The second-order valence-electron chi connectivity index (χ2n) is 14.2. The summed E-state index contributed by atoms with van der Waals surface area (Å²) in [6.45, 7) is 2.14. The van der Waals surface area contributed by atoms with Crippen molar-refractivity contribution in [1.29, 1.82) is 0 Å². The van der Waals surface area contributed by atoms with Crippen molar-refractivity contribution in [2.75, 3.05) is 4.90 Å². The predicted octanol–water partition coefficient (Wildman–Crippen LogP) is 15.2. The molecule has 0 unspecified atom stereocenters. The summed E-state index contributed by atoms with van der Waals surface area (Å²) in [6.07, 6.45) is 0. The van der Waals surface area contributed by atoms with Crippen molar-refractivity contribution in [3.8, 4) is 44.7 Å². The van der Waals surface area contributed by atoms with E-state index in [1.807, 2.05) is 12.1 Å². The number of nitrogens with zero attached hydrogens (tertiary/aromatic N) is 1. The predicted molar refractivity (Wildman–Crippen MR) is 232 cm³/mol. The molecule has 0 aliphatic heterocycles. The maximum Gasteiger partial charge on any atom is 0.138 e. The van der Waals surface area contributed by atoms with Crippen LogP contribution in [0, 0.1) is 6.92 Å². The van der Waals surface area contributed by atoms with E-state index in [0.29, 0.717) is 0 Å². The third-order valence-corrected chi connectivity index (χ3v) is 10.9. The van der Waals surface area contributed by atoms with Crippen molar-refractivity contribution in [3.63, 3.8) is 0 Å². The van der Waals surface area contributed by atoms with Crippen LogP contribution < -0.4 is 4.90 Å². The van der Waals surface area contributed by atoms with Gasteiger partial charge in [-0.1, -0.05) is 158 Å². The van der Waals surface area contributed by atoms with Crippen molar-refractivity contribution in [1.82, 2.24) is 0 Å². The van der Waals surface area contributed by atoms with E-state index in [9.17, 15) is 0 Å². The SMILES string of the molecule is Cc1c(-c2cccc(-c3ccc(N(c4ccc(-c5ccc(-c6cccc7ccccc67)cc5)cc4)c4ccc5ccccc5c4)cc3)c2)oc2ccccc12. The Bertz CT molecular complexity index is 2970. The fourth-order valence-electron chi connectivity index (χ4n) is 7.98. The van der Waals surface area contributed by atoms with E-state index >= 15 is 0 Å². The number of furan rings is 1. The molecule has 10 aromatic rings. The molecule has 2 heteroatoms. The number of para-hydroxylation sites is 1. The summed E-state index contributed by atoms with van der Waals surface area (Å²) >= 11 is 0. The van der Waals surface area contributed by atoms with Gasteiger partial charge in [0.25, 0.3) is 0 Å². The highest BCUT2D eigenvalue weighted by molar-refractivity contribution is 5.97. The lowest BCUT2D eigenvalue weighted by atomic mass is 9.96. The number of fused-ring (bicyclic) bond motifs is 3. The van der Waals surface area contributed by atoms with Gasteiger partial charge in [0, 0.05) is 33.6 Å². The van der Waals surface area contributed by atoms with Gasteiger partial charge in [-0.2, -0.15) is 0 Å². The smallest absolute Gasteiger partial charge is 0.138 e. The van der Waals surface area contributed by atoms with Crippen LogP contribution in [-0.2, 0) is 0 Å². The number of rotatable bonds is 7. The van der Waals surface area contributed by atoms with Crippen molar-refractivity contribution in [2.24, 2.45) is 0 Å². The third kappa shape index (κ3) is 6.04. The largest absolute Gasteiger partial charge is 0.456 e. The van der Waals surface area contributed by atoms with Gasteiger partial charge in [0.1, 0.15) is 11.3 Å². The lowest BCUT2D eigenvalue weighted by Crippen LogP contribution is -2.09. The van der Waals surface area contributed by atoms with Crippen molar-refractivity contribution in [2.45, 2.75) is 6.92 Å². The number of benzene rings is 9. The number of anilines is 3. The van der Waals surface area contributed by atoms with Gasteiger partial charge in [-0.05, 0) is 110 Å². The standard InChI is InChI=1S/C53H37NO/c1-36-49-16-6-7-19-52(49)55-53(36)45-15-8-14-43(34-45)40-26-31-47(32-27-40)54(48-33-28-37-10-2-3-12-44(37)35-48)46-29-24-39(25-30-46)38-20-22-42(23-21-38)51-18-9-13-41-11-4-5-17-50(41)51/h2-35H,1H3. The molecule has 0 aliphatic carbocycles. The van der Waals surface area contributed by atoms with Crippen molar-refractivity contribution >= 4 is 49.6 Å². The Hall–Kier alpha value is -7.16. The first-order valence-corrected chi connectivity index (χ1v) is 18.8. The molecule has 2 nitrogen and oxygen atoms in total. The summed E-state index contributed by atoms with van der Waals surface area (Å²) in [6, 6.07) is 74.0. The van der Waals surface area contributed by atoms with Crippen molar-refractivity contribution in [3.05, 3.63) is 212 Å². The molecule has 0 bridgehead atoms. The summed E-state index contributed by atoms with van der Waals surface area (Å²) in [5.74, 6) is 0.923. The highest BCUT2D eigenvalue weighted by Crippen LogP contribution is 2.40. The number of aryl methyl sites for hydroxylation is 1. The zero-order valence-corrected chi connectivity index (χ0v) is 30.5. The van der Waals surface area contributed by atoms with Gasteiger partial charge < -0.3 is 9.32 Å². The average Bonchev–Trinajstić information content (AvgIpc) is 3.60. The number of hydrogen-bond acceptors (Lipinski definition) is 2. The van der Waals surface area contributed by atoms with Crippen LogP contribution in [0.25, 0.3) is 77.2 Å². The first-order chi connectivity index (χ1) is 27.2. The molecule has 1 aromatic heterocycles. The molecule has 0 radical (unpaired) electrons. The Labute approximate surface area is 321 Å². The summed E-state index contributed by atoms with van der Waals surface area (Å²) in [5.41, 5.74) is 13.6. The monoisotopic (exact) mass is 703 g/mol. The minimum absolute atomic E-state index is 0.918. The zero-order valence-electron chi connectivity index (χ0n) is 30.5. The maximum absolute atomic E-state index is 6.32. The van der Waals surface area contributed by atoms with Gasteiger partial charge >= 0.3 is 0 Å². The van der Waals surface area contributed by atoms with Crippen LogP contribution in [0.15, 0.2) is 211 Å². The first-order valence-electron chi connectivity index (χ1n) is 18.8. The zero-order chi connectivity index (χ0) is 36.7. The molecule has 0 atom stereocenters. The Morgan fingerprint density at radius 2 is 0.873 bits per heavy atom. The minimum atomic E-state index is 0.918. The summed E-state index contributed by atoms with van der Waals surface area (Å²) in [5, 5.41) is 6.12. The fraction of sp³-hybridized carbons (Fsp3) is 0.0189. The molecule has 10 rings (SSSR count). The molecule has 0 saturated heterocycles. The molecule has 0 fully saturated rings. The van der Waals surface area contributed by atoms with Crippen LogP contribution in [-0.4, -0.2) is 0 Å². The quantitative estimate of drug-likeness (QED) is 0.164. The Kier molecular flexibility index (Phi) is 8.08. The van der Waals surface area contributed by atoms with E-state index in [1.54, 1.807) is 0 Å². The van der Waals surface area contributed by atoms with Crippen LogP contribution in [0.4, 0.5) is 17.1 Å². The van der Waals surface area contributed by atoms with E-state index in [1.165, 1.54) is 43.8 Å². The van der Waals surface area contributed by atoms with E-state index in [-0.39, 0.29) is 0 Å². The van der Waals surface area contributed by atoms with Gasteiger partial charge in [0.05, 0.1) is 0 Å². The highest BCUT2D eigenvalue weighted by atomic mass is 16.3. The van der Waals surface area contributed by atoms with Crippen molar-refractivity contribution < 1.29 is 4.42 Å². The molecule has 0 spiro atoms. The minimum Gasteiger partial charge on any atom is -0.456 e. The summed E-state index contributed by atoms with van der Waals surface area (Å²) in [7, 11) is 0. The summed E-state index contributed by atoms with van der Waals surface area (Å²) in [4.78, 5) is 2.35. The van der Waals surface area contributed by atoms with E-state index in [2.05, 4.69) is 206 Å². The van der Waals surface area contributed by atoms with Crippen LogP contribution in [0.3, 0.4) is 0 Å². The van der Waals surface area contributed by atoms with Gasteiger partial charge in [-0.15, -0.1) is 0 Å². The second-order valence-corrected chi connectivity index (χ2v) is 14.2. The van der Waals surface area contributed by atoms with Gasteiger partial charge in [-0.25, -0.2) is 0 Å². The van der Waals surface area contributed by atoms with E-state index in [0.717, 1.165) is 56.0 Å². The van der Waals surface area contributed by atoms with Crippen LogP contribution in [0.1, 0.15) is 5.56 Å². The molecule has 1 heterocycles. The molecule has 0 amide bonds. The van der Waals surface area contributed by atoms with E-state index < -0.39 is 0 Å². The van der Waals surface area contributed by atoms with Gasteiger partial charge in [0.15, 0.2) is 0 Å². The van der Waals surface area contributed by atoms with Gasteiger partial charge in [-0.3, -0.25) is 0 Å². The van der Waals surface area contributed by atoms with E-state index in [4.69, 9.17) is 4.42 Å². The molecule has 0 saturated carbocycles. The Balaban J connectivity index is 0.980. The van der Waals surface area contributed by atoms with Gasteiger partial charge in [0.2, 0.25) is 0 Å². The van der Waals surface area contributed by atoms with Crippen LogP contribution in [0.2, 0.25) is 0 Å². The molecular weight excluding hydrogens is 667 g/mol. The normalized spacial score (nSPS) is 11.4. The molecule has 260 valence electrons. The Morgan fingerprint density at radius 3 is 1.60 bits per heavy atom. The lowest BCUT2D eigenvalue weighted by molar-refractivity contribution is 0.629. The van der Waals surface area contributed by atoms with Crippen LogP contribution >= 0.6 is 0 Å². The molecule has 0 N–H and O–H groups in total. The second kappa shape index (κ2) is 13.7. The molecule has 9 aromatic carbocycles. The molecule has 55 heavy (non-hydrogen) atoms. The maximum atomic E-state index is 6.32.